The lowest BCUT2D eigenvalue weighted by Crippen LogP contribution is -2.10. The van der Waals surface area contributed by atoms with E-state index in [4.69, 9.17) is 11.6 Å². The van der Waals surface area contributed by atoms with E-state index in [1.807, 2.05) is 36.0 Å². The van der Waals surface area contributed by atoms with Crippen molar-refractivity contribution in [3.63, 3.8) is 0 Å². The molecule has 3 heteroatoms. The predicted octanol–water partition coefficient (Wildman–Crippen LogP) is 4.02. The topological polar surface area (TPSA) is 20.2 Å². The molecular weight excluding hydrogens is 252 g/mol. The van der Waals surface area contributed by atoms with Gasteiger partial charge in [0.25, 0.3) is 0 Å². The normalized spacial score (nSPS) is 12.6. The highest BCUT2D eigenvalue weighted by atomic mass is 35.5. The molecule has 0 spiro atoms. The van der Waals surface area contributed by atoms with Gasteiger partial charge in [-0.1, -0.05) is 36.7 Å². The SMILES string of the molecule is CCSCCCC(CO)Cc1ccccc1Cl. The zero-order valence-electron chi connectivity index (χ0n) is 10.4. The molecule has 0 amide bonds. The first kappa shape index (κ1) is 14.9. The second-order valence-electron chi connectivity index (χ2n) is 4.18. The number of thioether (sulfide) groups is 1. The Labute approximate surface area is 114 Å². The van der Waals surface area contributed by atoms with Gasteiger partial charge in [-0.3, -0.25) is 0 Å². The molecule has 1 atom stereocenters. The number of hydrogen-bond donors (Lipinski definition) is 1. The molecule has 1 unspecified atom stereocenters. The highest BCUT2D eigenvalue weighted by molar-refractivity contribution is 7.99. The lowest BCUT2D eigenvalue weighted by atomic mass is 9.96. The highest BCUT2D eigenvalue weighted by Crippen LogP contribution is 2.21. The van der Waals surface area contributed by atoms with Gasteiger partial charge in [-0.25, -0.2) is 0 Å². The molecule has 1 nitrogen and oxygen atoms in total. The van der Waals surface area contributed by atoms with E-state index < -0.39 is 0 Å². The van der Waals surface area contributed by atoms with Crippen LogP contribution in [-0.2, 0) is 6.42 Å². The van der Waals surface area contributed by atoms with Gasteiger partial charge in [0.1, 0.15) is 0 Å². The van der Waals surface area contributed by atoms with Gasteiger partial charge in [-0.05, 0) is 48.3 Å². The summed E-state index contributed by atoms with van der Waals surface area (Å²) in [5, 5.41) is 10.2. The molecule has 17 heavy (non-hydrogen) atoms. The van der Waals surface area contributed by atoms with Crippen LogP contribution in [0.2, 0.25) is 5.02 Å². The van der Waals surface area contributed by atoms with Gasteiger partial charge in [0, 0.05) is 11.6 Å². The molecule has 1 N–H and O–H groups in total. The average Bonchev–Trinajstić information content (AvgIpc) is 2.35. The molecule has 1 aromatic rings. The Morgan fingerprint density at radius 3 is 2.76 bits per heavy atom. The summed E-state index contributed by atoms with van der Waals surface area (Å²) in [5.74, 6) is 2.71. The van der Waals surface area contributed by atoms with Crippen LogP contribution in [0.15, 0.2) is 24.3 Å². The highest BCUT2D eigenvalue weighted by Gasteiger charge is 2.10. The fourth-order valence-corrected chi connectivity index (χ4v) is 2.72. The third kappa shape index (κ3) is 5.80. The molecule has 1 rings (SSSR count). The van der Waals surface area contributed by atoms with Crippen molar-refractivity contribution in [2.75, 3.05) is 18.1 Å². The van der Waals surface area contributed by atoms with E-state index in [9.17, 15) is 5.11 Å². The van der Waals surface area contributed by atoms with Crippen LogP contribution in [-0.4, -0.2) is 23.2 Å². The molecule has 1 aromatic carbocycles. The van der Waals surface area contributed by atoms with Crippen molar-refractivity contribution >= 4 is 23.4 Å². The Hall–Kier alpha value is -0.180. The van der Waals surface area contributed by atoms with Crippen molar-refractivity contribution in [1.82, 2.24) is 0 Å². The van der Waals surface area contributed by atoms with E-state index in [-0.39, 0.29) is 6.61 Å². The minimum Gasteiger partial charge on any atom is -0.396 e. The van der Waals surface area contributed by atoms with Crippen LogP contribution in [0.25, 0.3) is 0 Å². The molecule has 0 saturated carbocycles. The van der Waals surface area contributed by atoms with Crippen molar-refractivity contribution in [3.05, 3.63) is 34.9 Å². The molecule has 0 aromatic heterocycles. The van der Waals surface area contributed by atoms with E-state index >= 15 is 0 Å². The van der Waals surface area contributed by atoms with Crippen molar-refractivity contribution < 1.29 is 5.11 Å². The average molecular weight is 273 g/mol. The lowest BCUT2D eigenvalue weighted by Gasteiger charge is -2.14. The first-order valence-electron chi connectivity index (χ1n) is 6.20. The van der Waals surface area contributed by atoms with Gasteiger partial charge in [-0.2, -0.15) is 11.8 Å². The van der Waals surface area contributed by atoms with Crippen LogP contribution in [0.3, 0.4) is 0 Å². The van der Waals surface area contributed by atoms with E-state index in [0.29, 0.717) is 5.92 Å². The Kier molecular flexibility index (Phi) is 7.74. The van der Waals surface area contributed by atoms with Crippen molar-refractivity contribution in [2.45, 2.75) is 26.2 Å². The van der Waals surface area contributed by atoms with Crippen LogP contribution in [0.4, 0.5) is 0 Å². The number of aliphatic hydroxyl groups is 1. The molecular formula is C14H21ClOS. The zero-order valence-corrected chi connectivity index (χ0v) is 11.9. The molecule has 96 valence electrons. The third-order valence-corrected chi connectivity index (χ3v) is 4.18. The number of halogens is 1. The largest absolute Gasteiger partial charge is 0.396 e. The Morgan fingerprint density at radius 1 is 1.35 bits per heavy atom. The monoisotopic (exact) mass is 272 g/mol. The molecule has 0 fully saturated rings. The van der Waals surface area contributed by atoms with Crippen molar-refractivity contribution in [1.29, 1.82) is 0 Å². The van der Waals surface area contributed by atoms with Gasteiger partial charge >= 0.3 is 0 Å². The summed E-state index contributed by atoms with van der Waals surface area (Å²) in [5.41, 5.74) is 1.15. The summed E-state index contributed by atoms with van der Waals surface area (Å²) in [6.07, 6.45) is 3.13. The number of hydrogen-bond acceptors (Lipinski definition) is 2. The van der Waals surface area contributed by atoms with Crippen molar-refractivity contribution in [3.8, 4) is 0 Å². The van der Waals surface area contributed by atoms with Gasteiger partial charge in [-0.15, -0.1) is 0 Å². The first-order valence-corrected chi connectivity index (χ1v) is 7.73. The molecule has 0 aliphatic carbocycles. The summed E-state index contributed by atoms with van der Waals surface area (Å²) >= 11 is 8.09. The Bertz CT molecular complexity index is 317. The van der Waals surface area contributed by atoms with Gasteiger partial charge < -0.3 is 5.11 Å². The minimum absolute atomic E-state index is 0.252. The van der Waals surface area contributed by atoms with Crippen LogP contribution in [0.1, 0.15) is 25.3 Å². The molecule has 0 radical (unpaired) electrons. The summed E-state index contributed by atoms with van der Waals surface area (Å²) < 4.78 is 0. The van der Waals surface area contributed by atoms with Crippen LogP contribution < -0.4 is 0 Å². The van der Waals surface area contributed by atoms with Crippen molar-refractivity contribution in [2.24, 2.45) is 5.92 Å². The van der Waals surface area contributed by atoms with Crippen LogP contribution in [0.5, 0.6) is 0 Å². The molecule has 0 aliphatic heterocycles. The zero-order chi connectivity index (χ0) is 12.5. The van der Waals surface area contributed by atoms with E-state index in [2.05, 4.69) is 6.92 Å². The standard InChI is InChI=1S/C14H21ClOS/c1-2-17-9-5-6-12(11-16)10-13-7-3-4-8-14(13)15/h3-4,7-8,12,16H,2,5-6,9-11H2,1H3. The predicted molar refractivity (Wildman–Crippen MR) is 78.0 cm³/mol. The molecule has 0 saturated heterocycles. The summed E-state index contributed by atoms with van der Waals surface area (Å²) in [7, 11) is 0. The number of aliphatic hydroxyl groups excluding tert-OH is 1. The fraction of sp³-hybridized carbons (Fsp3) is 0.571. The maximum absolute atomic E-state index is 9.38. The quantitative estimate of drug-likeness (QED) is 0.721. The first-order chi connectivity index (χ1) is 8.27. The molecule has 0 bridgehead atoms. The maximum Gasteiger partial charge on any atom is 0.0462 e. The van der Waals surface area contributed by atoms with E-state index in [1.165, 1.54) is 17.9 Å². The summed E-state index contributed by atoms with van der Waals surface area (Å²) in [6, 6.07) is 7.91. The smallest absolute Gasteiger partial charge is 0.0462 e. The molecule has 0 aliphatic rings. The minimum atomic E-state index is 0.252. The third-order valence-electron chi connectivity index (χ3n) is 2.83. The lowest BCUT2D eigenvalue weighted by molar-refractivity contribution is 0.217. The van der Waals surface area contributed by atoms with Crippen LogP contribution >= 0.6 is 23.4 Å². The Morgan fingerprint density at radius 2 is 2.12 bits per heavy atom. The molecule has 0 heterocycles. The second-order valence-corrected chi connectivity index (χ2v) is 5.98. The summed E-state index contributed by atoms with van der Waals surface area (Å²) in [4.78, 5) is 0. The van der Waals surface area contributed by atoms with Crippen LogP contribution in [0, 0.1) is 5.92 Å². The maximum atomic E-state index is 9.38. The number of rotatable bonds is 8. The fourth-order valence-electron chi connectivity index (χ4n) is 1.85. The van der Waals surface area contributed by atoms with E-state index in [0.717, 1.165) is 23.4 Å². The van der Waals surface area contributed by atoms with Gasteiger partial charge in [0.05, 0.1) is 0 Å². The van der Waals surface area contributed by atoms with Gasteiger partial charge in [0.2, 0.25) is 0 Å². The Balaban J connectivity index is 2.38. The van der Waals surface area contributed by atoms with Gasteiger partial charge in [0.15, 0.2) is 0 Å². The summed E-state index contributed by atoms with van der Waals surface area (Å²) in [6.45, 7) is 2.43. The number of benzene rings is 1. The second kappa shape index (κ2) is 8.84. The van der Waals surface area contributed by atoms with E-state index in [1.54, 1.807) is 0 Å².